The van der Waals surface area contributed by atoms with E-state index in [1.165, 1.54) is 5.56 Å². The molecule has 158 valence electrons. The maximum absolute atomic E-state index is 12.9. The molecular formula is C25H26N4O2. The molecule has 1 aliphatic carbocycles. The second-order valence-corrected chi connectivity index (χ2v) is 8.30. The van der Waals surface area contributed by atoms with Crippen molar-refractivity contribution < 1.29 is 9.59 Å². The highest BCUT2D eigenvalue weighted by molar-refractivity contribution is 6.06. The van der Waals surface area contributed by atoms with Gasteiger partial charge in [0.2, 0.25) is 5.91 Å². The molecule has 2 heterocycles. The summed E-state index contributed by atoms with van der Waals surface area (Å²) in [6.07, 6.45) is 7.27. The quantitative estimate of drug-likeness (QED) is 0.629. The normalized spacial score (nSPS) is 16.4. The molecule has 0 aliphatic heterocycles. The van der Waals surface area contributed by atoms with Crippen LogP contribution in [0.15, 0.2) is 60.5 Å². The fourth-order valence-corrected chi connectivity index (χ4v) is 3.98. The number of nitrogens with zero attached hydrogens (tertiary/aromatic N) is 2. The van der Waals surface area contributed by atoms with Crippen LogP contribution < -0.4 is 5.32 Å². The highest BCUT2D eigenvalue weighted by Crippen LogP contribution is 2.33. The first-order valence-corrected chi connectivity index (χ1v) is 10.5. The van der Waals surface area contributed by atoms with Gasteiger partial charge in [-0.05, 0) is 41.7 Å². The van der Waals surface area contributed by atoms with Gasteiger partial charge in [-0.15, -0.1) is 0 Å². The largest absolute Gasteiger partial charge is 0.350 e. The number of ketones is 1. The Bertz CT molecular complexity index is 1200. The van der Waals surface area contributed by atoms with Gasteiger partial charge >= 0.3 is 0 Å². The van der Waals surface area contributed by atoms with Gasteiger partial charge in [0.25, 0.3) is 0 Å². The fourth-order valence-electron chi connectivity index (χ4n) is 3.98. The van der Waals surface area contributed by atoms with Crippen molar-refractivity contribution in [2.24, 2.45) is 5.92 Å². The Morgan fingerprint density at radius 3 is 2.77 bits per heavy atom. The highest BCUT2D eigenvalue weighted by Gasteiger charge is 2.26. The second kappa shape index (κ2) is 8.68. The number of hydrogen-bond acceptors (Lipinski definition) is 4. The number of allylic oxidation sites excluding steroid dienone is 4. The average molecular weight is 415 g/mol. The predicted octanol–water partition coefficient (Wildman–Crippen LogP) is 4.32. The van der Waals surface area contributed by atoms with E-state index >= 15 is 0 Å². The van der Waals surface area contributed by atoms with Crippen molar-refractivity contribution in [1.82, 2.24) is 20.5 Å². The lowest BCUT2D eigenvalue weighted by atomic mass is 9.82. The lowest BCUT2D eigenvalue weighted by Gasteiger charge is -2.22. The number of benzene rings is 1. The van der Waals surface area contributed by atoms with Crippen LogP contribution in [0.3, 0.4) is 0 Å². The molecule has 0 fully saturated rings. The maximum Gasteiger partial charge on any atom is 0.221 e. The Balaban J connectivity index is 1.42. The molecule has 1 atom stereocenters. The zero-order chi connectivity index (χ0) is 22.0. The number of carbonyl (C=O) groups is 2. The van der Waals surface area contributed by atoms with E-state index < -0.39 is 5.92 Å². The fraction of sp³-hybridized carbons (Fsp3) is 0.280. The summed E-state index contributed by atoms with van der Waals surface area (Å²) < 4.78 is 0. The Labute approximate surface area is 181 Å². The number of fused-ring (bicyclic) bond motifs is 1. The highest BCUT2D eigenvalue weighted by atomic mass is 16.2. The summed E-state index contributed by atoms with van der Waals surface area (Å²) in [5.74, 6) is -0.264. The summed E-state index contributed by atoms with van der Waals surface area (Å²) >= 11 is 0. The van der Waals surface area contributed by atoms with Crippen molar-refractivity contribution in [3.63, 3.8) is 0 Å². The molecule has 3 aromatic rings. The van der Waals surface area contributed by atoms with E-state index in [1.807, 2.05) is 31.2 Å². The molecule has 1 amide bonds. The van der Waals surface area contributed by atoms with Gasteiger partial charge in [0.15, 0.2) is 5.78 Å². The van der Waals surface area contributed by atoms with E-state index in [1.54, 1.807) is 18.5 Å². The van der Waals surface area contributed by atoms with Gasteiger partial charge in [0, 0.05) is 11.8 Å². The first-order valence-electron chi connectivity index (χ1n) is 10.5. The average Bonchev–Trinajstić information content (AvgIpc) is 3.22. The van der Waals surface area contributed by atoms with E-state index in [0.29, 0.717) is 12.5 Å². The number of carbonyl (C=O) groups excluding carboxylic acids is 2. The van der Waals surface area contributed by atoms with Crippen molar-refractivity contribution in [2.45, 2.75) is 39.7 Å². The summed E-state index contributed by atoms with van der Waals surface area (Å²) in [7, 11) is 0. The maximum atomic E-state index is 12.9. The van der Waals surface area contributed by atoms with Crippen LogP contribution in [0.4, 0.5) is 0 Å². The molecule has 0 saturated heterocycles. The van der Waals surface area contributed by atoms with Crippen molar-refractivity contribution in [2.75, 3.05) is 0 Å². The van der Waals surface area contributed by atoms with Crippen molar-refractivity contribution in [3.8, 4) is 0 Å². The summed E-state index contributed by atoms with van der Waals surface area (Å²) in [4.78, 5) is 29.7. The van der Waals surface area contributed by atoms with Crippen molar-refractivity contribution in [1.29, 1.82) is 0 Å². The van der Waals surface area contributed by atoms with Crippen LogP contribution in [0.25, 0.3) is 16.5 Å². The number of H-pyrrole nitrogens is 1. The summed E-state index contributed by atoms with van der Waals surface area (Å²) in [6, 6.07) is 10.0. The lowest BCUT2D eigenvalue weighted by Crippen LogP contribution is -2.29. The molecule has 31 heavy (non-hydrogen) atoms. The molecule has 0 bridgehead atoms. The molecule has 4 rings (SSSR count). The van der Waals surface area contributed by atoms with Crippen LogP contribution in [0.1, 0.15) is 49.9 Å². The molecule has 0 radical (unpaired) electrons. The zero-order valence-corrected chi connectivity index (χ0v) is 18.0. The van der Waals surface area contributed by atoms with Crippen LogP contribution >= 0.6 is 0 Å². The molecule has 2 aromatic heterocycles. The Morgan fingerprint density at radius 1 is 1.19 bits per heavy atom. The molecule has 0 saturated carbocycles. The van der Waals surface area contributed by atoms with Crippen molar-refractivity contribution >= 4 is 28.2 Å². The SMILES string of the molecule is CC1=CC(c2ccccc2C(C)C)=CC(=O)C1CC(=O)NCc1cc2cn[nH]c2cn1. The van der Waals surface area contributed by atoms with Crippen LogP contribution in [0.2, 0.25) is 0 Å². The number of nitrogens with one attached hydrogen (secondary N) is 2. The summed E-state index contributed by atoms with van der Waals surface area (Å²) in [5, 5.41) is 10.6. The second-order valence-electron chi connectivity index (χ2n) is 8.30. The molecule has 6 heteroatoms. The lowest BCUT2D eigenvalue weighted by molar-refractivity contribution is -0.126. The third-order valence-electron chi connectivity index (χ3n) is 5.71. The van der Waals surface area contributed by atoms with E-state index in [4.69, 9.17) is 0 Å². The smallest absolute Gasteiger partial charge is 0.221 e. The first-order chi connectivity index (χ1) is 14.9. The third-order valence-corrected chi connectivity index (χ3v) is 5.71. The van der Waals surface area contributed by atoms with Crippen molar-refractivity contribution in [3.05, 3.63) is 77.3 Å². The van der Waals surface area contributed by atoms with Crippen LogP contribution in [0, 0.1) is 5.92 Å². The standard InChI is InChI=1S/C25H26N4O2/c1-15(2)20-6-4-5-7-21(20)17-8-16(3)22(24(30)10-17)11-25(31)27-13-19-9-18-12-28-29-23(18)14-26-19/h4-10,12,14-15,22H,11,13H2,1-3H3,(H,27,31)(H,28,29). The zero-order valence-electron chi connectivity index (χ0n) is 18.0. The minimum Gasteiger partial charge on any atom is -0.350 e. The van der Waals surface area contributed by atoms with Crippen LogP contribution in [-0.4, -0.2) is 26.9 Å². The molecule has 6 nitrogen and oxygen atoms in total. The van der Waals surface area contributed by atoms with E-state index in [0.717, 1.165) is 33.3 Å². The monoisotopic (exact) mass is 414 g/mol. The van der Waals surface area contributed by atoms with E-state index in [2.05, 4.69) is 46.5 Å². The minimum absolute atomic E-state index is 0.0262. The Morgan fingerprint density at radius 2 is 2.00 bits per heavy atom. The van der Waals surface area contributed by atoms with Crippen LogP contribution in [-0.2, 0) is 16.1 Å². The molecular weight excluding hydrogens is 388 g/mol. The number of aromatic amines is 1. The van der Waals surface area contributed by atoms with Crippen LogP contribution in [0.5, 0.6) is 0 Å². The van der Waals surface area contributed by atoms with Gasteiger partial charge in [0.1, 0.15) is 0 Å². The first kappa shape index (κ1) is 20.7. The van der Waals surface area contributed by atoms with Gasteiger partial charge in [-0.1, -0.05) is 49.8 Å². The van der Waals surface area contributed by atoms with Gasteiger partial charge < -0.3 is 5.32 Å². The number of pyridine rings is 1. The predicted molar refractivity (Wildman–Crippen MR) is 121 cm³/mol. The number of hydrogen-bond donors (Lipinski definition) is 2. The summed E-state index contributed by atoms with van der Waals surface area (Å²) in [6.45, 7) is 6.53. The molecule has 0 spiro atoms. The Kier molecular flexibility index (Phi) is 5.80. The molecule has 1 unspecified atom stereocenters. The molecule has 1 aliphatic rings. The number of amides is 1. The number of aromatic nitrogens is 3. The minimum atomic E-state index is -0.431. The van der Waals surface area contributed by atoms with Gasteiger partial charge in [0.05, 0.1) is 36.1 Å². The molecule has 2 N–H and O–H groups in total. The van der Waals surface area contributed by atoms with E-state index in [-0.39, 0.29) is 18.1 Å². The van der Waals surface area contributed by atoms with Gasteiger partial charge in [-0.2, -0.15) is 5.10 Å². The Hall–Kier alpha value is -3.54. The molecule has 1 aromatic carbocycles. The van der Waals surface area contributed by atoms with Gasteiger partial charge in [-0.3, -0.25) is 19.7 Å². The summed E-state index contributed by atoms with van der Waals surface area (Å²) in [5.41, 5.74) is 5.72. The topological polar surface area (TPSA) is 87.7 Å². The third kappa shape index (κ3) is 4.48. The van der Waals surface area contributed by atoms with E-state index in [9.17, 15) is 9.59 Å². The van der Waals surface area contributed by atoms with Gasteiger partial charge in [-0.25, -0.2) is 0 Å². The number of rotatable bonds is 6.